The fourth-order valence-corrected chi connectivity index (χ4v) is 4.09. The third kappa shape index (κ3) is 4.52. The van der Waals surface area contributed by atoms with Crippen molar-refractivity contribution in [3.63, 3.8) is 0 Å². The first-order chi connectivity index (χ1) is 11.8. The van der Waals surface area contributed by atoms with Crippen molar-refractivity contribution in [2.75, 3.05) is 11.3 Å². The molecule has 0 aliphatic rings. The molecule has 0 atom stereocenters. The van der Waals surface area contributed by atoms with Gasteiger partial charge in [0.2, 0.25) is 5.91 Å². The van der Waals surface area contributed by atoms with Crippen molar-refractivity contribution in [1.29, 1.82) is 0 Å². The van der Waals surface area contributed by atoms with E-state index in [4.69, 9.17) is 11.6 Å². The number of nitrogens with one attached hydrogen (secondary N) is 1. The number of para-hydroxylation sites is 1. The molecular weight excluding hydrogens is 360 g/mol. The van der Waals surface area contributed by atoms with Crippen LogP contribution in [-0.4, -0.2) is 25.8 Å². The Hall–Kier alpha value is -2.05. The number of carbonyl (C=O) groups is 1. The molecule has 0 saturated carbocycles. The summed E-state index contributed by atoms with van der Waals surface area (Å²) in [7, 11) is -3.79. The van der Waals surface area contributed by atoms with Crippen molar-refractivity contribution in [2.45, 2.75) is 32.2 Å². The van der Waals surface area contributed by atoms with Gasteiger partial charge in [-0.05, 0) is 43.2 Å². The van der Waals surface area contributed by atoms with Crippen molar-refractivity contribution >= 4 is 33.2 Å². The zero-order valence-corrected chi connectivity index (χ0v) is 16.0. The number of hydrogen-bond acceptors (Lipinski definition) is 3. The summed E-state index contributed by atoms with van der Waals surface area (Å²) >= 11 is 6.04. The quantitative estimate of drug-likeness (QED) is 0.828. The highest BCUT2D eigenvalue weighted by molar-refractivity contribution is 7.92. The zero-order valence-electron chi connectivity index (χ0n) is 14.4. The predicted octanol–water partition coefficient (Wildman–Crippen LogP) is 3.82. The van der Waals surface area contributed by atoms with E-state index in [1.54, 1.807) is 42.2 Å². The summed E-state index contributed by atoms with van der Waals surface area (Å²) in [5, 5.41) is 0.393. The second-order valence-corrected chi connectivity index (χ2v) is 7.72. The minimum absolute atomic E-state index is 0.0640. The number of rotatable bonds is 6. The van der Waals surface area contributed by atoms with Gasteiger partial charge in [0.1, 0.15) is 0 Å². The molecule has 0 radical (unpaired) electrons. The van der Waals surface area contributed by atoms with Crippen LogP contribution in [-0.2, 0) is 21.4 Å². The molecule has 5 nitrogen and oxygen atoms in total. The van der Waals surface area contributed by atoms with Crippen LogP contribution in [0.1, 0.15) is 25.0 Å². The molecule has 2 rings (SSSR count). The van der Waals surface area contributed by atoms with Gasteiger partial charge in [-0.1, -0.05) is 35.9 Å². The van der Waals surface area contributed by atoms with Crippen LogP contribution in [0.5, 0.6) is 0 Å². The van der Waals surface area contributed by atoms with Crippen LogP contribution >= 0.6 is 11.6 Å². The van der Waals surface area contributed by atoms with Gasteiger partial charge in [-0.3, -0.25) is 9.52 Å². The van der Waals surface area contributed by atoms with Gasteiger partial charge in [0.05, 0.1) is 10.6 Å². The van der Waals surface area contributed by atoms with E-state index < -0.39 is 10.0 Å². The molecule has 25 heavy (non-hydrogen) atoms. The van der Waals surface area contributed by atoms with Crippen molar-refractivity contribution in [1.82, 2.24) is 4.90 Å². The lowest BCUT2D eigenvalue weighted by atomic mass is 10.1. The first-order valence-corrected chi connectivity index (χ1v) is 9.73. The Bertz CT molecular complexity index is 882. The number of amides is 1. The summed E-state index contributed by atoms with van der Waals surface area (Å²) in [6.45, 7) is 5.91. The van der Waals surface area contributed by atoms with Crippen molar-refractivity contribution < 1.29 is 13.2 Å². The lowest BCUT2D eigenvalue weighted by Crippen LogP contribution is -2.28. The maximum Gasteiger partial charge on any atom is 0.262 e. The molecule has 0 heterocycles. The molecule has 1 N–H and O–H groups in total. The topological polar surface area (TPSA) is 66.5 Å². The highest BCUT2D eigenvalue weighted by atomic mass is 35.5. The van der Waals surface area contributed by atoms with Gasteiger partial charge in [0.25, 0.3) is 10.0 Å². The number of sulfonamides is 1. The van der Waals surface area contributed by atoms with Crippen LogP contribution < -0.4 is 4.72 Å². The third-order valence-electron chi connectivity index (χ3n) is 3.96. The molecule has 0 bridgehead atoms. The minimum Gasteiger partial charge on any atom is -0.339 e. The summed E-state index contributed by atoms with van der Waals surface area (Å²) in [5.74, 6) is -0.0640. The van der Waals surface area contributed by atoms with E-state index in [9.17, 15) is 13.2 Å². The molecule has 0 unspecified atom stereocenters. The van der Waals surface area contributed by atoms with E-state index in [1.807, 2.05) is 13.0 Å². The first-order valence-electron chi connectivity index (χ1n) is 7.87. The van der Waals surface area contributed by atoms with Crippen LogP contribution in [0, 0.1) is 6.92 Å². The summed E-state index contributed by atoms with van der Waals surface area (Å²) in [6.07, 6.45) is 0. The van der Waals surface area contributed by atoms with Crippen LogP contribution in [0.2, 0.25) is 5.02 Å². The molecule has 7 heteroatoms. The highest BCUT2D eigenvalue weighted by Gasteiger charge is 2.20. The van der Waals surface area contributed by atoms with E-state index in [1.165, 1.54) is 13.0 Å². The predicted molar refractivity (Wildman–Crippen MR) is 100 cm³/mol. The Morgan fingerprint density at radius 1 is 1.16 bits per heavy atom. The van der Waals surface area contributed by atoms with Gasteiger partial charge >= 0.3 is 0 Å². The average Bonchev–Trinajstić information content (AvgIpc) is 2.55. The molecule has 0 fully saturated rings. The molecule has 0 saturated heterocycles. The van der Waals surface area contributed by atoms with E-state index in [0.29, 0.717) is 29.4 Å². The van der Waals surface area contributed by atoms with Crippen molar-refractivity contribution in [2.24, 2.45) is 0 Å². The third-order valence-corrected chi connectivity index (χ3v) is 5.88. The van der Waals surface area contributed by atoms with Crippen LogP contribution in [0.4, 0.5) is 5.69 Å². The summed E-state index contributed by atoms with van der Waals surface area (Å²) < 4.78 is 28.1. The first kappa shape index (κ1) is 19.3. The number of nitrogens with zero attached hydrogens (tertiary/aromatic N) is 1. The standard InChI is InChI=1S/C18H21ClN2O3S/c1-4-21(14(3)22)12-15-8-5-6-10-17(15)20-25(23,24)18-11-7-9-16(19)13(18)2/h5-11,20H,4,12H2,1-3H3. The molecule has 2 aromatic carbocycles. The molecule has 1 amide bonds. The lowest BCUT2D eigenvalue weighted by Gasteiger charge is -2.21. The van der Waals surface area contributed by atoms with E-state index in [0.717, 1.165) is 5.56 Å². The Balaban J connectivity index is 2.37. The summed E-state index contributed by atoms with van der Waals surface area (Å²) in [6, 6.07) is 11.8. The highest BCUT2D eigenvalue weighted by Crippen LogP contribution is 2.26. The lowest BCUT2D eigenvalue weighted by molar-refractivity contribution is -0.129. The Labute approximate surface area is 153 Å². The Morgan fingerprint density at radius 2 is 1.84 bits per heavy atom. The summed E-state index contributed by atoms with van der Waals surface area (Å²) in [4.78, 5) is 13.4. The maximum absolute atomic E-state index is 12.8. The van der Waals surface area contributed by atoms with Crippen molar-refractivity contribution in [3.05, 3.63) is 58.6 Å². The van der Waals surface area contributed by atoms with Crippen LogP contribution in [0.3, 0.4) is 0 Å². The second kappa shape index (κ2) is 7.89. The second-order valence-electron chi connectivity index (χ2n) is 5.66. The Morgan fingerprint density at radius 3 is 2.48 bits per heavy atom. The van der Waals surface area contributed by atoms with E-state index in [2.05, 4.69) is 4.72 Å². The number of anilines is 1. The summed E-state index contributed by atoms with van der Waals surface area (Å²) in [5.41, 5.74) is 1.66. The van der Waals surface area contributed by atoms with E-state index >= 15 is 0 Å². The molecule has 0 spiro atoms. The number of benzene rings is 2. The molecule has 0 aromatic heterocycles. The molecule has 2 aromatic rings. The molecular formula is C18H21ClN2O3S. The monoisotopic (exact) mass is 380 g/mol. The van der Waals surface area contributed by atoms with Crippen molar-refractivity contribution in [3.8, 4) is 0 Å². The normalized spacial score (nSPS) is 11.2. The van der Waals surface area contributed by atoms with Crippen LogP contribution in [0.15, 0.2) is 47.4 Å². The van der Waals surface area contributed by atoms with Gasteiger partial charge in [-0.25, -0.2) is 8.42 Å². The van der Waals surface area contributed by atoms with E-state index in [-0.39, 0.29) is 10.8 Å². The SMILES string of the molecule is CCN(Cc1ccccc1NS(=O)(=O)c1cccc(Cl)c1C)C(C)=O. The largest absolute Gasteiger partial charge is 0.339 e. The molecule has 0 aliphatic heterocycles. The number of carbonyl (C=O) groups excluding carboxylic acids is 1. The zero-order chi connectivity index (χ0) is 18.6. The number of hydrogen-bond donors (Lipinski definition) is 1. The smallest absolute Gasteiger partial charge is 0.262 e. The van der Waals surface area contributed by atoms with Gasteiger partial charge in [-0.15, -0.1) is 0 Å². The van der Waals surface area contributed by atoms with Gasteiger partial charge < -0.3 is 4.90 Å². The maximum atomic E-state index is 12.8. The van der Waals surface area contributed by atoms with Gasteiger partial charge in [0, 0.05) is 25.0 Å². The minimum atomic E-state index is -3.79. The fourth-order valence-electron chi connectivity index (χ4n) is 2.49. The van der Waals surface area contributed by atoms with Gasteiger partial charge in [0.15, 0.2) is 0 Å². The number of halogens is 1. The van der Waals surface area contributed by atoms with Gasteiger partial charge in [-0.2, -0.15) is 0 Å². The molecule has 0 aliphatic carbocycles. The van der Waals surface area contributed by atoms with Crippen LogP contribution in [0.25, 0.3) is 0 Å². The molecule has 134 valence electrons. The Kier molecular flexibility index (Phi) is 6.08. The fraction of sp³-hybridized carbons (Fsp3) is 0.278. The average molecular weight is 381 g/mol.